The van der Waals surface area contributed by atoms with E-state index in [0.29, 0.717) is 17.9 Å². The largest absolute Gasteiger partial charge is 0.467 e. The summed E-state index contributed by atoms with van der Waals surface area (Å²) in [5.74, 6) is -1.01. The minimum atomic E-state index is -0.839. The van der Waals surface area contributed by atoms with Crippen LogP contribution < -0.4 is 0 Å². The van der Waals surface area contributed by atoms with Crippen LogP contribution in [0.4, 0.5) is 13.2 Å². The van der Waals surface area contributed by atoms with Crippen LogP contribution in [0.5, 0.6) is 0 Å². The highest BCUT2D eigenvalue weighted by Gasteiger charge is 2.16. The highest BCUT2D eigenvalue weighted by molar-refractivity contribution is 5.20. The number of hydrogen-bond donors (Lipinski definition) is 1. The minimum absolute atomic E-state index is 0.0620. The van der Waals surface area contributed by atoms with Gasteiger partial charge in [0.05, 0.1) is 19.0 Å². The van der Waals surface area contributed by atoms with E-state index in [4.69, 9.17) is 9.15 Å². The molecule has 154 valence electrons. The quantitative estimate of drug-likeness (QED) is 0.547. The molecule has 0 aliphatic carbocycles. The van der Waals surface area contributed by atoms with Crippen molar-refractivity contribution in [3.63, 3.8) is 0 Å². The van der Waals surface area contributed by atoms with Gasteiger partial charge in [-0.1, -0.05) is 18.2 Å². The van der Waals surface area contributed by atoms with Crippen LogP contribution in [0.15, 0.2) is 65.3 Å². The zero-order valence-electron chi connectivity index (χ0n) is 15.7. The molecule has 1 N–H and O–H groups in total. The lowest BCUT2D eigenvalue weighted by Crippen LogP contribution is -2.34. The van der Waals surface area contributed by atoms with E-state index < -0.39 is 17.7 Å². The summed E-state index contributed by atoms with van der Waals surface area (Å²) >= 11 is 0. The molecule has 0 radical (unpaired) electrons. The first-order valence-corrected chi connectivity index (χ1v) is 9.18. The molecule has 2 aromatic carbocycles. The fourth-order valence-electron chi connectivity index (χ4n) is 2.96. The zero-order chi connectivity index (χ0) is 20.6. The molecule has 1 heterocycles. The second-order valence-corrected chi connectivity index (χ2v) is 6.78. The first-order valence-electron chi connectivity index (χ1n) is 9.18. The Morgan fingerprint density at radius 2 is 1.72 bits per heavy atom. The van der Waals surface area contributed by atoms with E-state index >= 15 is 0 Å². The fourth-order valence-corrected chi connectivity index (χ4v) is 2.96. The third-order valence-corrected chi connectivity index (χ3v) is 4.33. The second kappa shape index (κ2) is 10.2. The van der Waals surface area contributed by atoms with Gasteiger partial charge in [-0.25, -0.2) is 13.2 Å². The third kappa shape index (κ3) is 6.74. The van der Waals surface area contributed by atoms with Crippen LogP contribution in [-0.2, 0) is 24.4 Å². The van der Waals surface area contributed by atoms with Crippen molar-refractivity contribution < 1.29 is 27.4 Å². The van der Waals surface area contributed by atoms with Crippen LogP contribution in [0, 0.1) is 17.5 Å². The predicted octanol–water partition coefficient (Wildman–Crippen LogP) is 4.28. The molecule has 1 atom stereocenters. The predicted molar refractivity (Wildman–Crippen MR) is 101 cm³/mol. The van der Waals surface area contributed by atoms with Gasteiger partial charge in [0.2, 0.25) is 0 Å². The molecule has 4 nitrogen and oxygen atoms in total. The van der Waals surface area contributed by atoms with Crippen LogP contribution in [0.3, 0.4) is 0 Å². The molecule has 0 saturated heterocycles. The van der Waals surface area contributed by atoms with E-state index in [9.17, 15) is 18.3 Å². The summed E-state index contributed by atoms with van der Waals surface area (Å²) in [4.78, 5) is 1.80. The number of aliphatic hydroxyl groups excluding tert-OH is 1. The number of hydrogen-bond acceptors (Lipinski definition) is 4. The van der Waals surface area contributed by atoms with E-state index in [1.165, 1.54) is 30.5 Å². The maximum absolute atomic E-state index is 14.1. The minimum Gasteiger partial charge on any atom is -0.467 e. The summed E-state index contributed by atoms with van der Waals surface area (Å²) in [5.41, 5.74) is 1.11. The van der Waals surface area contributed by atoms with Crippen molar-refractivity contribution >= 4 is 0 Å². The Morgan fingerprint density at radius 1 is 0.966 bits per heavy atom. The van der Waals surface area contributed by atoms with Gasteiger partial charge in [0.25, 0.3) is 0 Å². The summed E-state index contributed by atoms with van der Waals surface area (Å²) in [6.07, 6.45) is 0.700. The van der Waals surface area contributed by atoms with Gasteiger partial charge in [0.15, 0.2) is 0 Å². The molecule has 0 bridgehead atoms. The number of ether oxygens (including phenoxy) is 1. The van der Waals surface area contributed by atoms with Crippen LogP contribution in [-0.4, -0.2) is 29.3 Å². The lowest BCUT2D eigenvalue weighted by atomic mass is 10.1. The van der Waals surface area contributed by atoms with Crippen molar-refractivity contribution in [3.05, 3.63) is 95.2 Å². The molecule has 29 heavy (non-hydrogen) atoms. The van der Waals surface area contributed by atoms with Gasteiger partial charge in [0, 0.05) is 31.3 Å². The molecular weight excluding hydrogens is 383 g/mol. The normalized spacial score (nSPS) is 12.4. The van der Waals surface area contributed by atoms with Gasteiger partial charge >= 0.3 is 0 Å². The Balaban J connectivity index is 1.63. The van der Waals surface area contributed by atoms with Crippen molar-refractivity contribution in [2.45, 2.75) is 25.8 Å². The molecule has 0 saturated carbocycles. The van der Waals surface area contributed by atoms with E-state index in [1.54, 1.807) is 29.2 Å². The molecule has 0 unspecified atom stereocenters. The van der Waals surface area contributed by atoms with Crippen LogP contribution >= 0.6 is 0 Å². The van der Waals surface area contributed by atoms with Crippen molar-refractivity contribution in [1.82, 2.24) is 4.90 Å². The standard InChI is InChI=1S/C22H22F3NO3/c23-18-6-3-16(4-7-18)11-26(12-17-5-8-19(24)10-22(17)25)13-20(27)14-28-15-21-2-1-9-29-21/h1-10,20,27H,11-15H2/t20-/m0/s1. The Bertz CT molecular complexity index is 885. The first-order chi connectivity index (χ1) is 14.0. The lowest BCUT2D eigenvalue weighted by Gasteiger charge is -2.25. The SMILES string of the molecule is O[C@H](COCc1ccco1)CN(Cc1ccc(F)cc1)Cc1ccc(F)cc1F. The molecule has 0 fully saturated rings. The maximum atomic E-state index is 14.1. The third-order valence-electron chi connectivity index (χ3n) is 4.33. The molecule has 3 aromatic rings. The Hall–Kier alpha value is -2.61. The summed E-state index contributed by atoms with van der Waals surface area (Å²) < 4.78 is 51.1. The Labute approximate surface area is 167 Å². The molecule has 7 heteroatoms. The number of halogens is 3. The molecule has 0 spiro atoms. The molecular formula is C22H22F3NO3. The average Bonchev–Trinajstić information content (AvgIpc) is 3.19. The highest BCUT2D eigenvalue weighted by Crippen LogP contribution is 2.16. The van der Waals surface area contributed by atoms with Gasteiger partial charge in [0.1, 0.15) is 29.8 Å². The molecule has 1 aromatic heterocycles. The van der Waals surface area contributed by atoms with Gasteiger partial charge in [-0.3, -0.25) is 4.90 Å². The summed E-state index contributed by atoms with van der Waals surface area (Å²) in [5, 5.41) is 10.4. The van der Waals surface area contributed by atoms with Gasteiger partial charge < -0.3 is 14.3 Å². The first kappa shape index (κ1) is 21.1. The van der Waals surface area contributed by atoms with E-state index in [-0.39, 0.29) is 32.1 Å². The van der Waals surface area contributed by atoms with Crippen molar-refractivity contribution in [2.75, 3.05) is 13.2 Å². The smallest absolute Gasteiger partial charge is 0.130 e. The average molecular weight is 405 g/mol. The fraction of sp³-hybridized carbons (Fsp3) is 0.273. The molecule has 0 amide bonds. The Morgan fingerprint density at radius 3 is 2.41 bits per heavy atom. The number of rotatable bonds is 10. The molecule has 0 aliphatic rings. The topological polar surface area (TPSA) is 45.8 Å². The lowest BCUT2D eigenvalue weighted by molar-refractivity contribution is 0.00238. The molecule has 3 rings (SSSR count). The van der Waals surface area contributed by atoms with Gasteiger partial charge in [-0.05, 0) is 35.9 Å². The number of aliphatic hydroxyl groups is 1. The molecule has 0 aliphatic heterocycles. The number of furan rings is 1. The van der Waals surface area contributed by atoms with E-state index in [1.807, 2.05) is 0 Å². The van der Waals surface area contributed by atoms with Crippen LogP contribution in [0.2, 0.25) is 0 Å². The van der Waals surface area contributed by atoms with Gasteiger partial charge in [-0.15, -0.1) is 0 Å². The highest BCUT2D eigenvalue weighted by atomic mass is 19.1. The second-order valence-electron chi connectivity index (χ2n) is 6.78. The summed E-state index contributed by atoms with van der Waals surface area (Å²) in [6.45, 7) is 0.985. The summed E-state index contributed by atoms with van der Waals surface area (Å²) in [6, 6.07) is 12.9. The van der Waals surface area contributed by atoms with Crippen molar-refractivity contribution in [3.8, 4) is 0 Å². The van der Waals surface area contributed by atoms with E-state index in [2.05, 4.69) is 0 Å². The Kier molecular flexibility index (Phi) is 7.46. The summed E-state index contributed by atoms with van der Waals surface area (Å²) in [7, 11) is 0. The van der Waals surface area contributed by atoms with Crippen LogP contribution in [0.1, 0.15) is 16.9 Å². The maximum Gasteiger partial charge on any atom is 0.130 e. The van der Waals surface area contributed by atoms with Crippen molar-refractivity contribution in [1.29, 1.82) is 0 Å². The zero-order valence-corrected chi connectivity index (χ0v) is 15.7. The number of nitrogens with zero attached hydrogens (tertiary/aromatic N) is 1. The van der Waals surface area contributed by atoms with E-state index in [0.717, 1.165) is 11.6 Å². The van der Waals surface area contributed by atoms with Gasteiger partial charge in [-0.2, -0.15) is 0 Å². The number of benzene rings is 2. The van der Waals surface area contributed by atoms with Crippen LogP contribution in [0.25, 0.3) is 0 Å². The van der Waals surface area contributed by atoms with Crippen molar-refractivity contribution in [2.24, 2.45) is 0 Å². The monoisotopic (exact) mass is 405 g/mol.